The maximum Gasteiger partial charge on any atom is 0.326 e. The molecule has 0 saturated carbocycles. The van der Waals surface area contributed by atoms with E-state index in [1.807, 2.05) is 5.32 Å². The van der Waals surface area contributed by atoms with Gasteiger partial charge in [0.05, 0.1) is 12.5 Å². The molecule has 0 heterocycles. The number of hydrogen-bond acceptors (Lipinski definition) is 7. The minimum absolute atomic E-state index is 0.413. The van der Waals surface area contributed by atoms with Crippen LogP contribution in [0.25, 0.3) is 0 Å². The standard InChI is InChI=1S/C16H29N5O7/c1-8(20-15(26)10(18)5-3-4-6-17)13(24)19-9(2)14(25)21-11(16(27)28)7-12(22)23/h8-11H,3-7,17-18H2,1-2H3,(H,19,24)(H,20,26)(H,21,25)(H,22,23)(H,27,28). The number of carboxylic acids is 2. The van der Waals surface area contributed by atoms with Crippen LogP contribution in [0, 0.1) is 0 Å². The van der Waals surface area contributed by atoms with E-state index in [-0.39, 0.29) is 0 Å². The van der Waals surface area contributed by atoms with E-state index >= 15 is 0 Å². The average molecular weight is 403 g/mol. The smallest absolute Gasteiger partial charge is 0.326 e. The summed E-state index contributed by atoms with van der Waals surface area (Å²) >= 11 is 0. The number of carbonyl (C=O) groups is 5. The minimum Gasteiger partial charge on any atom is -0.481 e. The second-order valence-electron chi connectivity index (χ2n) is 6.35. The number of hydrogen-bond donors (Lipinski definition) is 7. The summed E-state index contributed by atoms with van der Waals surface area (Å²) in [6.07, 6.45) is 0.999. The zero-order valence-corrected chi connectivity index (χ0v) is 15.9. The van der Waals surface area contributed by atoms with Gasteiger partial charge >= 0.3 is 11.9 Å². The second kappa shape index (κ2) is 12.6. The van der Waals surface area contributed by atoms with E-state index in [2.05, 4.69) is 10.6 Å². The number of amides is 3. The summed E-state index contributed by atoms with van der Waals surface area (Å²) in [7, 11) is 0. The molecule has 12 heteroatoms. The van der Waals surface area contributed by atoms with Crippen LogP contribution in [0.2, 0.25) is 0 Å². The van der Waals surface area contributed by atoms with Crippen molar-refractivity contribution in [3.05, 3.63) is 0 Å². The molecule has 9 N–H and O–H groups in total. The maximum absolute atomic E-state index is 12.1. The Morgan fingerprint density at radius 2 is 1.36 bits per heavy atom. The molecule has 12 nitrogen and oxygen atoms in total. The average Bonchev–Trinajstić information content (AvgIpc) is 2.60. The normalized spacial score (nSPS) is 14.9. The van der Waals surface area contributed by atoms with Gasteiger partial charge in [0.1, 0.15) is 18.1 Å². The molecule has 28 heavy (non-hydrogen) atoms. The Hall–Kier alpha value is -2.73. The summed E-state index contributed by atoms with van der Waals surface area (Å²) in [5.74, 6) is -5.00. The van der Waals surface area contributed by atoms with Crippen LogP contribution < -0.4 is 27.4 Å². The monoisotopic (exact) mass is 403 g/mol. The van der Waals surface area contributed by atoms with Crippen LogP contribution >= 0.6 is 0 Å². The summed E-state index contributed by atoms with van der Waals surface area (Å²) < 4.78 is 0. The predicted molar refractivity (Wildman–Crippen MR) is 97.9 cm³/mol. The van der Waals surface area contributed by atoms with Crippen molar-refractivity contribution in [2.75, 3.05) is 6.54 Å². The van der Waals surface area contributed by atoms with E-state index in [0.29, 0.717) is 19.4 Å². The molecule has 0 aliphatic heterocycles. The molecule has 0 rings (SSSR count). The Labute approximate surface area is 162 Å². The molecule has 0 saturated heterocycles. The van der Waals surface area contributed by atoms with Crippen LogP contribution in [-0.4, -0.2) is 70.6 Å². The molecule has 0 aliphatic carbocycles. The highest BCUT2D eigenvalue weighted by Gasteiger charge is 2.27. The lowest BCUT2D eigenvalue weighted by Gasteiger charge is -2.21. The summed E-state index contributed by atoms with van der Waals surface area (Å²) in [5.41, 5.74) is 11.1. The Morgan fingerprint density at radius 3 is 1.82 bits per heavy atom. The molecule has 0 aliphatic rings. The quantitative estimate of drug-likeness (QED) is 0.161. The lowest BCUT2D eigenvalue weighted by Crippen LogP contribution is -2.55. The van der Waals surface area contributed by atoms with Gasteiger partial charge in [0, 0.05) is 0 Å². The molecule has 0 aromatic carbocycles. The number of carboxylic acid groups (broad SMARTS) is 2. The first-order chi connectivity index (χ1) is 13.0. The van der Waals surface area contributed by atoms with Crippen LogP contribution in [0.15, 0.2) is 0 Å². The SMILES string of the molecule is CC(NC(=O)C(N)CCCCN)C(=O)NC(C)C(=O)NC(CC(=O)O)C(=O)O. The zero-order chi connectivity index (χ0) is 21.9. The number of rotatable bonds is 13. The molecule has 0 bridgehead atoms. The maximum atomic E-state index is 12.1. The highest BCUT2D eigenvalue weighted by Crippen LogP contribution is 1.99. The molecule has 4 unspecified atom stereocenters. The van der Waals surface area contributed by atoms with Crippen LogP contribution in [-0.2, 0) is 24.0 Å². The molecular weight excluding hydrogens is 374 g/mol. The van der Waals surface area contributed by atoms with Gasteiger partial charge in [0.25, 0.3) is 0 Å². The fraction of sp³-hybridized carbons (Fsp3) is 0.688. The van der Waals surface area contributed by atoms with Gasteiger partial charge < -0.3 is 37.6 Å². The van der Waals surface area contributed by atoms with Gasteiger partial charge in [-0.25, -0.2) is 4.79 Å². The zero-order valence-electron chi connectivity index (χ0n) is 15.9. The first-order valence-electron chi connectivity index (χ1n) is 8.80. The van der Waals surface area contributed by atoms with Crippen LogP contribution in [0.3, 0.4) is 0 Å². The number of nitrogens with one attached hydrogen (secondary N) is 3. The third-order valence-corrected chi connectivity index (χ3v) is 3.80. The number of nitrogens with two attached hydrogens (primary N) is 2. The molecule has 0 spiro atoms. The second-order valence-corrected chi connectivity index (χ2v) is 6.35. The first kappa shape index (κ1) is 25.3. The van der Waals surface area contributed by atoms with Crippen molar-refractivity contribution in [1.82, 2.24) is 16.0 Å². The van der Waals surface area contributed by atoms with Gasteiger partial charge in [-0.3, -0.25) is 19.2 Å². The highest BCUT2D eigenvalue weighted by molar-refractivity contribution is 5.94. The van der Waals surface area contributed by atoms with E-state index in [0.717, 1.165) is 6.42 Å². The van der Waals surface area contributed by atoms with Gasteiger partial charge in [-0.1, -0.05) is 6.42 Å². The Balaban J connectivity index is 4.57. The van der Waals surface area contributed by atoms with Crippen LogP contribution in [0.5, 0.6) is 0 Å². The van der Waals surface area contributed by atoms with Crippen molar-refractivity contribution in [1.29, 1.82) is 0 Å². The molecule has 160 valence electrons. The summed E-state index contributed by atoms with van der Waals surface area (Å²) in [4.78, 5) is 57.6. The van der Waals surface area contributed by atoms with E-state index in [1.165, 1.54) is 13.8 Å². The Kier molecular flexibility index (Phi) is 11.4. The minimum atomic E-state index is -1.63. The molecule has 0 radical (unpaired) electrons. The third kappa shape index (κ3) is 9.83. The van der Waals surface area contributed by atoms with E-state index < -0.39 is 60.2 Å². The van der Waals surface area contributed by atoms with Gasteiger partial charge in [-0.15, -0.1) is 0 Å². The third-order valence-electron chi connectivity index (χ3n) is 3.80. The molecule has 0 fully saturated rings. The van der Waals surface area contributed by atoms with Gasteiger partial charge in [0.2, 0.25) is 17.7 Å². The van der Waals surface area contributed by atoms with E-state index in [9.17, 15) is 24.0 Å². The van der Waals surface area contributed by atoms with Crippen molar-refractivity contribution in [3.63, 3.8) is 0 Å². The molecular formula is C16H29N5O7. The lowest BCUT2D eigenvalue weighted by molar-refractivity contribution is -0.147. The summed E-state index contributed by atoms with van der Waals surface area (Å²) in [6.45, 7) is 3.18. The largest absolute Gasteiger partial charge is 0.481 e. The van der Waals surface area contributed by atoms with Crippen LogP contribution in [0.4, 0.5) is 0 Å². The Bertz CT molecular complexity index is 584. The topological polar surface area (TPSA) is 214 Å². The number of aliphatic carboxylic acids is 2. The predicted octanol–water partition coefficient (Wildman–Crippen LogP) is -2.50. The fourth-order valence-electron chi connectivity index (χ4n) is 2.10. The van der Waals surface area contributed by atoms with Gasteiger partial charge in [-0.2, -0.15) is 0 Å². The van der Waals surface area contributed by atoms with Crippen LogP contribution in [0.1, 0.15) is 39.5 Å². The summed E-state index contributed by atoms with van der Waals surface area (Å²) in [6, 6.07) is -4.57. The molecule has 3 amide bonds. The Morgan fingerprint density at radius 1 is 0.857 bits per heavy atom. The highest BCUT2D eigenvalue weighted by atomic mass is 16.4. The number of unbranched alkanes of at least 4 members (excludes halogenated alkanes) is 1. The van der Waals surface area contributed by atoms with E-state index in [4.69, 9.17) is 21.7 Å². The van der Waals surface area contributed by atoms with Crippen molar-refractivity contribution >= 4 is 29.7 Å². The first-order valence-corrected chi connectivity index (χ1v) is 8.80. The van der Waals surface area contributed by atoms with Crippen molar-refractivity contribution in [2.45, 2.75) is 63.7 Å². The fourth-order valence-corrected chi connectivity index (χ4v) is 2.10. The van der Waals surface area contributed by atoms with Gasteiger partial charge in [-0.05, 0) is 33.2 Å². The van der Waals surface area contributed by atoms with Crippen molar-refractivity contribution in [3.8, 4) is 0 Å². The van der Waals surface area contributed by atoms with Crippen molar-refractivity contribution in [2.24, 2.45) is 11.5 Å². The number of carbonyl (C=O) groups excluding carboxylic acids is 3. The van der Waals surface area contributed by atoms with E-state index in [1.54, 1.807) is 0 Å². The van der Waals surface area contributed by atoms with Gasteiger partial charge in [0.15, 0.2) is 0 Å². The molecule has 4 atom stereocenters. The van der Waals surface area contributed by atoms with Crippen molar-refractivity contribution < 1.29 is 34.2 Å². The summed E-state index contributed by atoms with van der Waals surface area (Å²) in [5, 5.41) is 24.3. The molecule has 0 aromatic rings. The lowest BCUT2D eigenvalue weighted by atomic mass is 10.1. The molecule has 0 aromatic heterocycles.